The number of carbonyl (C=O) groups is 1. The van der Waals surface area contributed by atoms with Gasteiger partial charge in [-0.1, -0.05) is 31.6 Å². The van der Waals surface area contributed by atoms with Gasteiger partial charge in [-0.25, -0.2) is 0 Å². The van der Waals surface area contributed by atoms with Gasteiger partial charge in [0.1, 0.15) is 0 Å². The van der Waals surface area contributed by atoms with Gasteiger partial charge in [0.25, 0.3) is 5.91 Å². The van der Waals surface area contributed by atoms with Gasteiger partial charge in [-0.15, -0.1) is 10.2 Å². The molecule has 1 N–H and O–H groups in total. The van der Waals surface area contributed by atoms with E-state index in [1.807, 2.05) is 14.0 Å². The minimum absolute atomic E-state index is 0.0491. The zero-order valence-electron chi connectivity index (χ0n) is 10.9. The average molecular weight is 256 g/mol. The molecule has 0 aromatic carbocycles. The second-order valence-electron chi connectivity index (χ2n) is 4.14. The Bertz CT molecular complexity index is 366. The number of anilines is 1. The summed E-state index contributed by atoms with van der Waals surface area (Å²) in [6.45, 7) is 7.78. The monoisotopic (exact) mass is 256 g/mol. The third-order valence-electron chi connectivity index (χ3n) is 2.57. The summed E-state index contributed by atoms with van der Waals surface area (Å²) in [5.41, 5.74) is 0. The lowest BCUT2D eigenvalue weighted by Gasteiger charge is -2.19. The summed E-state index contributed by atoms with van der Waals surface area (Å²) < 4.78 is 0. The minimum Gasteiger partial charge on any atom is -0.360 e. The maximum atomic E-state index is 12.0. The third kappa shape index (κ3) is 3.96. The van der Waals surface area contributed by atoms with Crippen LogP contribution in [-0.2, 0) is 0 Å². The van der Waals surface area contributed by atoms with Crippen LogP contribution in [0.1, 0.15) is 37.0 Å². The maximum Gasteiger partial charge on any atom is 0.284 e. The van der Waals surface area contributed by atoms with Crippen LogP contribution in [0.5, 0.6) is 0 Å². The molecule has 1 rings (SSSR count). The van der Waals surface area contributed by atoms with Gasteiger partial charge in [0.2, 0.25) is 10.1 Å². The summed E-state index contributed by atoms with van der Waals surface area (Å²) in [5.74, 6) is 0.456. The van der Waals surface area contributed by atoms with Crippen LogP contribution < -0.4 is 5.32 Å². The van der Waals surface area contributed by atoms with E-state index < -0.39 is 0 Å². The second-order valence-corrected chi connectivity index (χ2v) is 5.12. The summed E-state index contributed by atoms with van der Waals surface area (Å²) in [6, 6.07) is 0. The van der Waals surface area contributed by atoms with E-state index in [1.54, 1.807) is 4.90 Å². The van der Waals surface area contributed by atoms with Crippen LogP contribution in [0.3, 0.4) is 0 Å². The molecule has 1 unspecified atom stereocenters. The van der Waals surface area contributed by atoms with Gasteiger partial charge in [-0.2, -0.15) is 0 Å². The Kier molecular flexibility index (Phi) is 5.34. The van der Waals surface area contributed by atoms with Gasteiger partial charge in [0, 0.05) is 20.1 Å². The van der Waals surface area contributed by atoms with Gasteiger partial charge >= 0.3 is 0 Å². The van der Waals surface area contributed by atoms with E-state index in [1.165, 1.54) is 11.3 Å². The van der Waals surface area contributed by atoms with Crippen molar-refractivity contribution < 1.29 is 4.79 Å². The molecule has 1 aromatic rings. The van der Waals surface area contributed by atoms with E-state index in [-0.39, 0.29) is 5.91 Å². The molecule has 1 aromatic heterocycles. The standard InChI is InChI=1S/C11H20N4OS/c1-5-8(3)7-15(4)10(16)9-13-14-11(17-9)12-6-2/h8H,5-7H2,1-4H3,(H,12,14). The lowest BCUT2D eigenvalue weighted by atomic mass is 10.1. The molecule has 0 spiro atoms. The van der Waals surface area contributed by atoms with Crippen molar-refractivity contribution in [3.63, 3.8) is 0 Å². The summed E-state index contributed by atoms with van der Waals surface area (Å²) >= 11 is 1.30. The first-order chi connectivity index (χ1) is 8.08. The van der Waals surface area contributed by atoms with E-state index in [4.69, 9.17) is 0 Å². The van der Waals surface area contributed by atoms with Gasteiger partial charge < -0.3 is 10.2 Å². The van der Waals surface area contributed by atoms with Gasteiger partial charge in [0.15, 0.2) is 0 Å². The molecule has 0 aliphatic heterocycles. The van der Waals surface area contributed by atoms with Gasteiger partial charge in [-0.3, -0.25) is 4.79 Å². The van der Waals surface area contributed by atoms with Gasteiger partial charge in [0.05, 0.1) is 0 Å². The topological polar surface area (TPSA) is 58.1 Å². The maximum absolute atomic E-state index is 12.0. The number of nitrogens with zero attached hydrogens (tertiary/aromatic N) is 3. The summed E-state index contributed by atoms with van der Waals surface area (Å²) in [6.07, 6.45) is 1.07. The van der Waals surface area contributed by atoms with Crippen LogP contribution in [0.4, 0.5) is 5.13 Å². The highest BCUT2D eigenvalue weighted by molar-refractivity contribution is 7.17. The first-order valence-electron chi connectivity index (χ1n) is 5.91. The highest BCUT2D eigenvalue weighted by atomic mass is 32.1. The van der Waals surface area contributed by atoms with Crippen molar-refractivity contribution in [2.75, 3.05) is 25.5 Å². The quantitative estimate of drug-likeness (QED) is 0.846. The number of amides is 1. The average Bonchev–Trinajstić information content (AvgIpc) is 2.76. The van der Waals surface area contributed by atoms with Crippen LogP contribution in [-0.4, -0.2) is 41.1 Å². The van der Waals surface area contributed by atoms with Crippen molar-refractivity contribution in [3.05, 3.63) is 5.01 Å². The first kappa shape index (κ1) is 13.9. The summed E-state index contributed by atoms with van der Waals surface area (Å²) in [4.78, 5) is 13.7. The Balaban J connectivity index is 2.61. The number of hydrogen-bond donors (Lipinski definition) is 1. The molecule has 1 heterocycles. The zero-order chi connectivity index (χ0) is 12.8. The molecule has 1 amide bonds. The molecule has 0 aliphatic carbocycles. The predicted octanol–water partition coefficient (Wildman–Crippen LogP) is 2.09. The first-order valence-corrected chi connectivity index (χ1v) is 6.72. The van der Waals surface area contributed by atoms with Crippen molar-refractivity contribution >= 4 is 22.4 Å². The van der Waals surface area contributed by atoms with E-state index >= 15 is 0 Å². The van der Waals surface area contributed by atoms with Crippen LogP contribution in [0.25, 0.3) is 0 Å². The number of hydrogen-bond acceptors (Lipinski definition) is 5. The number of carbonyl (C=O) groups excluding carboxylic acids is 1. The SMILES string of the molecule is CCNc1nnc(C(=O)N(C)CC(C)CC)s1. The lowest BCUT2D eigenvalue weighted by molar-refractivity contribution is 0.0773. The normalized spacial score (nSPS) is 12.2. The van der Waals surface area contributed by atoms with E-state index in [0.717, 1.165) is 19.5 Å². The Morgan fingerprint density at radius 1 is 1.47 bits per heavy atom. The summed E-state index contributed by atoms with van der Waals surface area (Å²) in [5, 5.41) is 12.0. The minimum atomic E-state index is -0.0491. The van der Waals surface area contributed by atoms with E-state index in [2.05, 4.69) is 29.4 Å². The van der Waals surface area contributed by atoms with Crippen molar-refractivity contribution in [2.24, 2.45) is 5.92 Å². The fourth-order valence-corrected chi connectivity index (χ4v) is 2.18. The molecule has 17 heavy (non-hydrogen) atoms. The fraction of sp³-hybridized carbons (Fsp3) is 0.727. The van der Waals surface area contributed by atoms with Gasteiger partial charge in [-0.05, 0) is 12.8 Å². The van der Waals surface area contributed by atoms with Crippen molar-refractivity contribution in [2.45, 2.75) is 27.2 Å². The van der Waals surface area contributed by atoms with Crippen molar-refractivity contribution in [3.8, 4) is 0 Å². The summed E-state index contributed by atoms with van der Waals surface area (Å²) in [7, 11) is 1.81. The third-order valence-corrected chi connectivity index (χ3v) is 3.43. The molecular formula is C11H20N4OS. The molecule has 6 heteroatoms. The number of aromatic nitrogens is 2. The molecule has 0 aliphatic rings. The molecule has 0 bridgehead atoms. The van der Waals surface area contributed by atoms with Crippen LogP contribution in [0, 0.1) is 5.92 Å². The Labute approximate surface area is 106 Å². The van der Waals surface area contributed by atoms with Crippen LogP contribution in [0.15, 0.2) is 0 Å². The molecule has 96 valence electrons. The van der Waals surface area contributed by atoms with Crippen LogP contribution >= 0.6 is 11.3 Å². The molecule has 1 atom stereocenters. The molecule has 0 radical (unpaired) electrons. The molecular weight excluding hydrogens is 236 g/mol. The molecule has 0 fully saturated rings. The zero-order valence-corrected chi connectivity index (χ0v) is 11.7. The van der Waals surface area contributed by atoms with Crippen molar-refractivity contribution in [1.29, 1.82) is 0 Å². The Morgan fingerprint density at radius 3 is 2.76 bits per heavy atom. The second kappa shape index (κ2) is 6.54. The van der Waals surface area contributed by atoms with E-state index in [9.17, 15) is 4.79 Å². The highest BCUT2D eigenvalue weighted by Gasteiger charge is 2.18. The molecule has 0 saturated carbocycles. The molecule has 5 nitrogen and oxygen atoms in total. The predicted molar refractivity (Wildman–Crippen MR) is 70.5 cm³/mol. The Morgan fingerprint density at radius 2 is 2.18 bits per heavy atom. The van der Waals surface area contributed by atoms with Crippen LogP contribution in [0.2, 0.25) is 0 Å². The lowest BCUT2D eigenvalue weighted by Crippen LogP contribution is -2.30. The number of rotatable bonds is 6. The molecule has 0 saturated heterocycles. The highest BCUT2D eigenvalue weighted by Crippen LogP contribution is 2.16. The fourth-order valence-electron chi connectivity index (χ4n) is 1.38. The smallest absolute Gasteiger partial charge is 0.284 e. The Hall–Kier alpha value is -1.17. The van der Waals surface area contributed by atoms with Crippen molar-refractivity contribution in [1.82, 2.24) is 15.1 Å². The van der Waals surface area contributed by atoms with E-state index in [0.29, 0.717) is 16.1 Å². The number of nitrogens with one attached hydrogen (secondary N) is 1. The largest absolute Gasteiger partial charge is 0.360 e.